The molecule has 0 unspecified atom stereocenters. The van der Waals surface area contributed by atoms with E-state index in [0.717, 1.165) is 11.5 Å². The number of thioether (sulfide) groups is 1. The van der Waals surface area contributed by atoms with Crippen molar-refractivity contribution in [2.24, 2.45) is 7.05 Å². The zero-order valence-electron chi connectivity index (χ0n) is 13.6. The van der Waals surface area contributed by atoms with Crippen LogP contribution in [0.15, 0.2) is 29.4 Å². The van der Waals surface area contributed by atoms with Crippen molar-refractivity contribution < 1.29 is 14.3 Å². The molecule has 1 aliphatic heterocycles. The minimum atomic E-state index is -0.163. The largest absolute Gasteiger partial charge is 0.486 e. The number of fused-ring (bicyclic) bond motifs is 1. The molecule has 0 aliphatic carbocycles. The number of aromatic nitrogens is 4. The number of hydrogen-bond acceptors (Lipinski definition) is 7. The van der Waals surface area contributed by atoms with Crippen LogP contribution in [0.2, 0.25) is 0 Å². The van der Waals surface area contributed by atoms with Crippen molar-refractivity contribution in [2.75, 3.05) is 26.0 Å². The van der Waals surface area contributed by atoms with Crippen LogP contribution in [-0.4, -0.2) is 63.1 Å². The standard InChI is InChI=1S/C15H19N5O3S/c1-19(14(21)7-8-24-15-16-17-18-20(15)2)9-11-10-22-12-5-3-4-6-13(12)23-11/h3-6,11H,7-10H2,1-2H3/t11-/m0/s1. The molecule has 0 radical (unpaired) electrons. The number of benzene rings is 1. The van der Waals surface area contributed by atoms with Crippen molar-refractivity contribution in [1.82, 2.24) is 25.1 Å². The average molecular weight is 349 g/mol. The van der Waals surface area contributed by atoms with Crippen LogP contribution in [0.25, 0.3) is 0 Å². The van der Waals surface area contributed by atoms with Crippen LogP contribution in [0.4, 0.5) is 0 Å². The Balaban J connectivity index is 1.44. The Hall–Kier alpha value is -2.29. The molecule has 2 heterocycles. The van der Waals surface area contributed by atoms with Gasteiger partial charge in [0.25, 0.3) is 0 Å². The SMILES string of the molecule is CN(C[C@H]1COc2ccccc2O1)C(=O)CCSc1nnnn1C. The van der Waals surface area contributed by atoms with Gasteiger partial charge < -0.3 is 14.4 Å². The van der Waals surface area contributed by atoms with E-state index in [-0.39, 0.29) is 12.0 Å². The molecule has 1 aliphatic rings. The molecule has 3 rings (SSSR count). The zero-order valence-corrected chi connectivity index (χ0v) is 14.4. The molecule has 2 aromatic rings. The van der Waals surface area contributed by atoms with Gasteiger partial charge >= 0.3 is 0 Å². The van der Waals surface area contributed by atoms with Crippen molar-refractivity contribution in [2.45, 2.75) is 17.7 Å². The van der Waals surface area contributed by atoms with Gasteiger partial charge in [0.15, 0.2) is 17.6 Å². The van der Waals surface area contributed by atoms with Crippen molar-refractivity contribution in [3.05, 3.63) is 24.3 Å². The molecular weight excluding hydrogens is 330 g/mol. The third-order valence-corrected chi connectivity index (χ3v) is 4.61. The number of tetrazole rings is 1. The summed E-state index contributed by atoms with van der Waals surface area (Å²) < 4.78 is 13.1. The normalized spacial score (nSPS) is 16.0. The van der Waals surface area contributed by atoms with E-state index in [0.29, 0.717) is 30.5 Å². The summed E-state index contributed by atoms with van der Waals surface area (Å²) in [4.78, 5) is 13.9. The second-order valence-corrected chi connectivity index (χ2v) is 6.52. The van der Waals surface area contributed by atoms with Gasteiger partial charge in [0.05, 0.1) is 6.54 Å². The molecule has 0 fully saturated rings. The predicted octanol–water partition coefficient (Wildman–Crippen LogP) is 0.991. The first-order chi connectivity index (χ1) is 11.6. The fourth-order valence-corrected chi connectivity index (χ4v) is 3.10. The molecule has 9 heteroatoms. The average Bonchev–Trinajstić information content (AvgIpc) is 2.99. The van der Waals surface area contributed by atoms with Crippen molar-refractivity contribution >= 4 is 17.7 Å². The Morgan fingerprint density at radius 3 is 2.96 bits per heavy atom. The van der Waals surface area contributed by atoms with Gasteiger partial charge in [-0.1, -0.05) is 23.9 Å². The van der Waals surface area contributed by atoms with Crippen LogP contribution >= 0.6 is 11.8 Å². The molecule has 1 atom stereocenters. The number of nitrogens with zero attached hydrogens (tertiary/aromatic N) is 5. The summed E-state index contributed by atoms with van der Waals surface area (Å²) in [6.45, 7) is 0.928. The molecule has 8 nitrogen and oxygen atoms in total. The van der Waals surface area contributed by atoms with Gasteiger partial charge in [0.1, 0.15) is 6.61 Å². The Kier molecular flexibility index (Phi) is 5.19. The van der Waals surface area contributed by atoms with Crippen LogP contribution in [0.5, 0.6) is 11.5 Å². The second kappa shape index (κ2) is 7.52. The van der Waals surface area contributed by atoms with Gasteiger partial charge in [0, 0.05) is 26.3 Å². The number of aryl methyl sites for hydroxylation is 1. The molecule has 0 N–H and O–H groups in total. The van der Waals surface area contributed by atoms with Gasteiger partial charge in [-0.05, 0) is 22.6 Å². The Morgan fingerprint density at radius 2 is 2.21 bits per heavy atom. The first-order valence-electron chi connectivity index (χ1n) is 7.61. The van der Waals surface area contributed by atoms with Crippen LogP contribution in [0.1, 0.15) is 6.42 Å². The van der Waals surface area contributed by atoms with Gasteiger partial charge in [0.2, 0.25) is 11.1 Å². The minimum absolute atomic E-state index is 0.0556. The Labute approximate surface area is 144 Å². The fraction of sp³-hybridized carbons (Fsp3) is 0.467. The zero-order chi connectivity index (χ0) is 16.9. The number of ether oxygens (including phenoxy) is 2. The molecule has 0 saturated carbocycles. The van der Waals surface area contributed by atoms with E-state index in [1.54, 1.807) is 23.7 Å². The first kappa shape index (κ1) is 16.6. The van der Waals surface area contributed by atoms with Gasteiger partial charge in [-0.25, -0.2) is 4.68 Å². The highest BCUT2D eigenvalue weighted by Crippen LogP contribution is 2.30. The maximum Gasteiger partial charge on any atom is 0.223 e. The summed E-state index contributed by atoms with van der Waals surface area (Å²) in [6.07, 6.45) is 0.252. The topological polar surface area (TPSA) is 82.4 Å². The van der Waals surface area contributed by atoms with Crippen molar-refractivity contribution in [3.8, 4) is 11.5 Å². The molecule has 1 amide bonds. The Bertz CT molecular complexity index is 708. The predicted molar refractivity (Wildman–Crippen MR) is 88.1 cm³/mol. The Morgan fingerprint density at radius 1 is 1.42 bits per heavy atom. The monoisotopic (exact) mass is 349 g/mol. The van der Waals surface area contributed by atoms with E-state index in [1.165, 1.54) is 11.8 Å². The highest BCUT2D eigenvalue weighted by Gasteiger charge is 2.23. The van der Waals surface area contributed by atoms with Crippen LogP contribution in [-0.2, 0) is 11.8 Å². The number of rotatable bonds is 6. The van der Waals surface area contributed by atoms with Crippen LogP contribution < -0.4 is 9.47 Å². The van der Waals surface area contributed by atoms with E-state index in [1.807, 2.05) is 24.3 Å². The summed E-state index contributed by atoms with van der Waals surface area (Å²) in [5.74, 6) is 2.15. The maximum atomic E-state index is 12.2. The lowest BCUT2D eigenvalue weighted by Crippen LogP contribution is -2.41. The molecule has 128 valence electrons. The van der Waals surface area contributed by atoms with Gasteiger partial charge in [-0.2, -0.15) is 0 Å². The molecule has 1 aromatic heterocycles. The number of para-hydroxylation sites is 2. The van der Waals surface area contributed by atoms with Gasteiger partial charge in [-0.3, -0.25) is 4.79 Å². The highest BCUT2D eigenvalue weighted by atomic mass is 32.2. The quantitative estimate of drug-likeness (QED) is 0.719. The molecule has 0 bridgehead atoms. The van der Waals surface area contributed by atoms with Gasteiger partial charge in [-0.15, -0.1) is 5.10 Å². The number of carbonyl (C=O) groups excluding carboxylic acids is 1. The minimum Gasteiger partial charge on any atom is -0.486 e. The molecular formula is C15H19N5O3S. The van der Waals surface area contributed by atoms with E-state index in [4.69, 9.17) is 9.47 Å². The third kappa shape index (κ3) is 3.97. The van der Waals surface area contributed by atoms with Crippen molar-refractivity contribution in [1.29, 1.82) is 0 Å². The lowest BCUT2D eigenvalue weighted by molar-refractivity contribution is -0.130. The van der Waals surface area contributed by atoms with Crippen LogP contribution in [0, 0.1) is 0 Å². The molecule has 0 spiro atoms. The molecule has 0 saturated heterocycles. The first-order valence-corrected chi connectivity index (χ1v) is 8.59. The summed E-state index contributed by atoms with van der Waals surface area (Å²) in [5, 5.41) is 11.9. The van der Waals surface area contributed by atoms with E-state index in [9.17, 15) is 4.79 Å². The van der Waals surface area contributed by atoms with Crippen molar-refractivity contribution in [3.63, 3.8) is 0 Å². The number of amides is 1. The molecule has 1 aromatic carbocycles. The smallest absolute Gasteiger partial charge is 0.223 e. The van der Waals surface area contributed by atoms with E-state index < -0.39 is 0 Å². The lowest BCUT2D eigenvalue weighted by Gasteiger charge is -2.29. The molecule has 24 heavy (non-hydrogen) atoms. The number of hydrogen-bond donors (Lipinski definition) is 0. The van der Waals surface area contributed by atoms with E-state index in [2.05, 4.69) is 15.5 Å². The maximum absolute atomic E-state index is 12.2. The summed E-state index contributed by atoms with van der Waals surface area (Å²) >= 11 is 1.46. The number of carbonyl (C=O) groups is 1. The summed E-state index contributed by atoms with van der Waals surface area (Å²) in [7, 11) is 3.55. The number of likely N-dealkylation sites (N-methyl/N-ethyl adjacent to an activating group) is 1. The lowest BCUT2D eigenvalue weighted by atomic mass is 10.2. The van der Waals surface area contributed by atoms with Crippen LogP contribution in [0.3, 0.4) is 0 Å². The van der Waals surface area contributed by atoms with E-state index >= 15 is 0 Å². The second-order valence-electron chi connectivity index (χ2n) is 5.46. The third-order valence-electron chi connectivity index (χ3n) is 3.60. The summed E-state index contributed by atoms with van der Waals surface area (Å²) in [5.41, 5.74) is 0. The highest BCUT2D eigenvalue weighted by molar-refractivity contribution is 7.99. The summed E-state index contributed by atoms with van der Waals surface area (Å²) in [6, 6.07) is 7.55. The fourth-order valence-electron chi connectivity index (χ4n) is 2.32.